The van der Waals surface area contributed by atoms with Gasteiger partial charge in [0.1, 0.15) is 0 Å². The van der Waals surface area contributed by atoms with E-state index in [4.69, 9.17) is 9.47 Å². The van der Waals surface area contributed by atoms with E-state index in [1.165, 1.54) is 6.07 Å². The molecule has 1 aromatic carbocycles. The molecule has 1 saturated heterocycles. The second-order valence-electron chi connectivity index (χ2n) is 6.68. The highest BCUT2D eigenvalue weighted by Crippen LogP contribution is 2.30. The van der Waals surface area contributed by atoms with Gasteiger partial charge in [-0.25, -0.2) is 0 Å². The summed E-state index contributed by atoms with van der Waals surface area (Å²) in [5.74, 6) is 0.547. The van der Waals surface area contributed by atoms with E-state index in [2.05, 4.69) is 15.6 Å². The maximum atomic E-state index is 12.9. The maximum absolute atomic E-state index is 12.9. The van der Waals surface area contributed by atoms with Gasteiger partial charge in [-0.2, -0.15) is 13.2 Å². The SMILES string of the molecule is CCNC(=NCC1(OC)CCOCC1)NC(C)c1cccc(C(F)(F)F)c1. The van der Waals surface area contributed by atoms with Crippen LogP contribution >= 0.6 is 0 Å². The Morgan fingerprint density at radius 2 is 2.04 bits per heavy atom. The van der Waals surface area contributed by atoms with E-state index in [0.29, 0.717) is 37.8 Å². The van der Waals surface area contributed by atoms with E-state index in [-0.39, 0.29) is 11.6 Å². The zero-order valence-electron chi connectivity index (χ0n) is 16.0. The Bertz CT molecular complexity index is 629. The molecule has 2 rings (SSSR count). The first-order valence-corrected chi connectivity index (χ1v) is 9.14. The summed E-state index contributed by atoms with van der Waals surface area (Å²) < 4.78 is 49.9. The molecular formula is C19H28F3N3O2. The molecular weight excluding hydrogens is 359 g/mol. The normalized spacial score (nSPS) is 18.8. The summed E-state index contributed by atoms with van der Waals surface area (Å²) in [6, 6.07) is 4.99. The molecule has 27 heavy (non-hydrogen) atoms. The predicted octanol–water partition coefficient (Wildman–Crippen LogP) is 3.52. The van der Waals surface area contributed by atoms with E-state index in [9.17, 15) is 13.2 Å². The van der Waals surface area contributed by atoms with Crippen molar-refractivity contribution in [2.24, 2.45) is 4.99 Å². The van der Waals surface area contributed by atoms with Crippen LogP contribution in [0.15, 0.2) is 29.3 Å². The smallest absolute Gasteiger partial charge is 0.381 e. The number of hydrogen-bond donors (Lipinski definition) is 2. The van der Waals surface area contributed by atoms with Crippen molar-refractivity contribution in [2.45, 2.75) is 44.5 Å². The number of alkyl halides is 3. The lowest BCUT2D eigenvalue weighted by Gasteiger charge is -2.34. The van der Waals surface area contributed by atoms with Crippen LogP contribution in [0, 0.1) is 0 Å². The molecule has 0 saturated carbocycles. The van der Waals surface area contributed by atoms with Crippen LogP contribution in [0.1, 0.15) is 43.9 Å². The number of guanidine groups is 1. The molecule has 1 heterocycles. The van der Waals surface area contributed by atoms with E-state index in [1.54, 1.807) is 13.2 Å². The largest absolute Gasteiger partial charge is 0.416 e. The number of nitrogens with zero attached hydrogens (tertiary/aromatic N) is 1. The molecule has 1 aromatic rings. The Kier molecular flexibility index (Phi) is 7.49. The van der Waals surface area contributed by atoms with Gasteiger partial charge in [0.2, 0.25) is 0 Å². The van der Waals surface area contributed by atoms with Crippen LogP contribution in [-0.2, 0) is 15.7 Å². The minimum atomic E-state index is -4.36. The van der Waals surface area contributed by atoms with E-state index in [1.807, 2.05) is 13.8 Å². The number of aliphatic imine (C=N–C) groups is 1. The molecule has 8 heteroatoms. The Hall–Kier alpha value is -1.80. The number of halogens is 3. The highest BCUT2D eigenvalue weighted by Gasteiger charge is 2.33. The summed E-state index contributed by atoms with van der Waals surface area (Å²) in [6.07, 6.45) is -2.84. The van der Waals surface area contributed by atoms with Crippen LogP contribution in [-0.4, -0.2) is 45.0 Å². The maximum Gasteiger partial charge on any atom is 0.416 e. The summed E-state index contributed by atoms with van der Waals surface area (Å²) in [5.41, 5.74) is -0.473. The molecule has 0 radical (unpaired) electrons. The first kappa shape index (κ1) is 21.5. The van der Waals surface area contributed by atoms with Crippen molar-refractivity contribution in [2.75, 3.05) is 33.4 Å². The second-order valence-corrected chi connectivity index (χ2v) is 6.68. The molecule has 5 nitrogen and oxygen atoms in total. The van der Waals surface area contributed by atoms with Gasteiger partial charge < -0.3 is 20.1 Å². The Labute approximate surface area is 158 Å². The lowest BCUT2D eigenvalue weighted by molar-refractivity contribution is -0.137. The number of ether oxygens (including phenoxy) is 2. The molecule has 1 aliphatic rings. The lowest BCUT2D eigenvalue weighted by Crippen LogP contribution is -2.44. The lowest BCUT2D eigenvalue weighted by atomic mass is 9.94. The minimum absolute atomic E-state index is 0.335. The third-order valence-electron chi connectivity index (χ3n) is 4.77. The first-order chi connectivity index (χ1) is 12.8. The van der Waals surface area contributed by atoms with Gasteiger partial charge in [0.05, 0.1) is 23.8 Å². The highest BCUT2D eigenvalue weighted by molar-refractivity contribution is 5.80. The van der Waals surface area contributed by atoms with Crippen LogP contribution in [0.25, 0.3) is 0 Å². The molecule has 2 N–H and O–H groups in total. The fourth-order valence-corrected chi connectivity index (χ4v) is 2.99. The summed E-state index contributed by atoms with van der Waals surface area (Å²) in [5, 5.41) is 6.32. The van der Waals surface area contributed by atoms with Crippen LogP contribution in [0.3, 0.4) is 0 Å². The predicted molar refractivity (Wildman–Crippen MR) is 98.8 cm³/mol. The topological polar surface area (TPSA) is 54.9 Å². The number of nitrogens with one attached hydrogen (secondary N) is 2. The summed E-state index contributed by atoms with van der Waals surface area (Å²) in [4.78, 5) is 4.61. The summed E-state index contributed by atoms with van der Waals surface area (Å²) >= 11 is 0. The van der Waals surface area contributed by atoms with Gasteiger partial charge in [0, 0.05) is 39.7 Å². The van der Waals surface area contributed by atoms with Crippen molar-refractivity contribution in [3.05, 3.63) is 35.4 Å². The zero-order chi connectivity index (χ0) is 19.9. The molecule has 0 spiro atoms. The second kappa shape index (κ2) is 9.41. The van der Waals surface area contributed by atoms with Crippen molar-refractivity contribution in [3.8, 4) is 0 Å². The quantitative estimate of drug-likeness (QED) is 0.579. The number of methoxy groups -OCH3 is 1. The standard InChI is InChI=1S/C19H28F3N3O2/c1-4-23-17(24-13-18(26-3)8-10-27-11-9-18)25-14(2)15-6-5-7-16(12-15)19(20,21)22/h5-7,12,14H,4,8-11,13H2,1-3H3,(H2,23,24,25). The van der Waals surface area contributed by atoms with Crippen molar-refractivity contribution < 1.29 is 22.6 Å². The fraction of sp³-hybridized carbons (Fsp3) is 0.632. The monoisotopic (exact) mass is 387 g/mol. The molecule has 1 fully saturated rings. The van der Waals surface area contributed by atoms with Gasteiger partial charge in [-0.05, 0) is 31.5 Å². The zero-order valence-corrected chi connectivity index (χ0v) is 16.0. The van der Waals surface area contributed by atoms with Crippen LogP contribution in [0.2, 0.25) is 0 Å². The van der Waals surface area contributed by atoms with E-state index in [0.717, 1.165) is 25.0 Å². The van der Waals surface area contributed by atoms with Gasteiger partial charge in [-0.3, -0.25) is 4.99 Å². The van der Waals surface area contributed by atoms with Gasteiger partial charge in [-0.1, -0.05) is 12.1 Å². The number of hydrogen-bond acceptors (Lipinski definition) is 3. The van der Waals surface area contributed by atoms with E-state index < -0.39 is 11.7 Å². The minimum Gasteiger partial charge on any atom is -0.381 e. The Morgan fingerprint density at radius 3 is 2.63 bits per heavy atom. The first-order valence-electron chi connectivity index (χ1n) is 9.14. The average Bonchev–Trinajstić information content (AvgIpc) is 2.66. The number of rotatable bonds is 6. The molecule has 1 aliphatic heterocycles. The Balaban J connectivity index is 2.10. The molecule has 1 unspecified atom stereocenters. The van der Waals surface area contributed by atoms with Crippen molar-refractivity contribution in [3.63, 3.8) is 0 Å². The fourth-order valence-electron chi connectivity index (χ4n) is 2.99. The van der Waals surface area contributed by atoms with Gasteiger partial charge in [0.25, 0.3) is 0 Å². The van der Waals surface area contributed by atoms with Crippen molar-refractivity contribution in [1.82, 2.24) is 10.6 Å². The van der Waals surface area contributed by atoms with Crippen LogP contribution in [0.4, 0.5) is 13.2 Å². The third kappa shape index (κ3) is 6.10. The van der Waals surface area contributed by atoms with Gasteiger partial charge >= 0.3 is 6.18 Å². The third-order valence-corrected chi connectivity index (χ3v) is 4.77. The molecule has 1 atom stereocenters. The van der Waals surface area contributed by atoms with Crippen LogP contribution < -0.4 is 10.6 Å². The molecule has 0 aromatic heterocycles. The summed E-state index contributed by atoms with van der Waals surface area (Å²) in [6.45, 7) is 6.11. The van der Waals surface area contributed by atoms with E-state index >= 15 is 0 Å². The van der Waals surface area contributed by atoms with Crippen molar-refractivity contribution in [1.29, 1.82) is 0 Å². The van der Waals surface area contributed by atoms with Gasteiger partial charge in [-0.15, -0.1) is 0 Å². The Morgan fingerprint density at radius 1 is 1.33 bits per heavy atom. The highest BCUT2D eigenvalue weighted by atomic mass is 19.4. The average molecular weight is 387 g/mol. The summed E-state index contributed by atoms with van der Waals surface area (Å²) in [7, 11) is 1.67. The van der Waals surface area contributed by atoms with Gasteiger partial charge in [0.15, 0.2) is 5.96 Å². The molecule has 0 bridgehead atoms. The van der Waals surface area contributed by atoms with Crippen LogP contribution in [0.5, 0.6) is 0 Å². The molecule has 152 valence electrons. The van der Waals surface area contributed by atoms with Crippen molar-refractivity contribution >= 4 is 5.96 Å². The number of benzene rings is 1. The molecule has 0 aliphatic carbocycles. The molecule has 0 amide bonds.